The Hall–Kier alpha value is -4.67. The zero-order valence-electron chi connectivity index (χ0n) is 15.2. The maximum absolute atomic E-state index is 11.9. The van der Waals surface area contributed by atoms with E-state index in [4.69, 9.17) is 4.74 Å². The minimum atomic E-state index is -0.762. The lowest BCUT2D eigenvalue weighted by molar-refractivity contribution is -0.394. The molecule has 0 radical (unpaired) electrons. The molecule has 1 heterocycles. The van der Waals surface area contributed by atoms with Crippen LogP contribution in [0.15, 0.2) is 72.1 Å². The third kappa shape index (κ3) is 4.98. The molecule has 1 N–H and O–H groups in total. The smallest absolute Gasteiger partial charge is 0.318 e. The Balaban J connectivity index is 1.74. The summed E-state index contributed by atoms with van der Waals surface area (Å²) in [6.07, 6.45) is 4.34. The summed E-state index contributed by atoms with van der Waals surface area (Å²) >= 11 is 0. The number of hydrogen-bond donors (Lipinski definition) is 1. The summed E-state index contributed by atoms with van der Waals surface area (Å²) in [4.78, 5) is 36.3. The Morgan fingerprint density at radius 1 is 1.03 bits per heavy atom. The zero-order valence-corrected chi connectivity index (χ0v) is 15.2. The van der Waals surface area contributed by atoms with Crippen molar-refractivity contribution in [3.05, 3.63) is 98.3 Å². The van der Waals surface area contributed by atoms with E-state index in [1.807, 2.05) is 0 Å². The van der Waals surface area contributed by atoms with Crippen LogP contribution >= 0.6 is 0 Å². The molecular weight excluding hydrogens is 394 g/mol. The van der Waals surface area contributed by atoms with Gasteiger partial charge in [0.15, 0.2) is 0 Å². The highest BCUT2D eigenvalue weighted by molar-refractivity contribution is 5.94. The molecule has 0 saturated heterocycles. The van der Waals surface area contributed by atoms with Gasteiger partial charge >= 0.3 is 5.69 Å². The van der Waals surface area contributed by atoms with Crippen molar-refractivity contribution in [2.75, 3.05) is 0 Å². The lowest BCUT2D eigenvalue weighted by Gasteiger charge is -2.07. The summed E-state index contributed by atoms with van der Waals surface area (Å²) in [5.41, 5.74) is 2.36. The molecule has 0 fully saturated rings. The van der Waals surface area contributed by atoms with Gasteiger partial charge in [0.05, 0.1) is 22.1 Å². The molecule has 0 aliphatic carbocycles. The largest absolute Gasteiger partial charge is 0.450 e. The van der Waals surface area contributed by atoms with Gasteiger partial charge in [0, 0.05) is 24.0 Å². The maximum Gasteiger partial charge on any atom is 0.318 e. The number of nitro groups is 2. The number of nitrogens with zero attached hydrogens (tertiary/aromatic N) is 4. The van der Waals surface area contributed by atoms with E-state index in [1.165, 1.54) is 36.8 Å². The SMILES string of the molecule is O=C(NN=Cc1cccc(Oc2ccc([N+](=O)[O-])cc2[N+](=O)[O-])c1)c1ccncc1. The maximum atomic E-state index is 11.9. The van der Waals surface area contributed by atoms with Crippen molar-refractivity contribution < 1.29 is 19.4 Å². The molecule has 11 heteroatoms. The summed E-state index contributed by atoms with van der Waals surface area (Å²) < 4.78 is 5.52. The van der Waals surface area contributed by atoms with Crippen molar-refractivity contribution in [3.8, 4) is 11.5 Å². The molecule has 2 aromatic carbocycles. The van der Waals surface area contributed by atoms with Crippen LogP contribution in [0.5, 0.6) is 11.5 Å². The van der Waals surface area contributed by atoms with Crippen molar-refractivity contribution in [2.45, 2.75) is 0 Å². The number of benzene rings is 2. The molecule has 1 aromatic heterocycles. The lowest BCUT2D eigenvalue weighted by Crippen LogP contribution is -2.17. The standard InChI is InChI=1S/C19H13N5O6/c25-19(14-6-8-20-9-7-14)22-21-12-13-2-1-3-16(10-13)30-18-5-4-15(23(26)27)11-17(18)24(28)29/h1-12H,(H,22,25). The second kappa shape index (κ2) is 9.01. The molecule has 0 saturated carbocycles. The number of ether oxygens (including phenoxy) is 1. The first-order valence-corrected chi connectivity index (χ1v) is 8.38. The normalized spacial score (nSPS) is 10.5. The number of non-ortho nitro benzene ring substituents is 1. The summed E-state index contributed by atoms with van der Waals surface area (Å²) in [6.45, 7) is 0. The predicted molar refractivity (Wildman–Crippen MR) is 106 cm³/mol. The number of aromatic nitrogens is 1. The van der Waals surface area contributed by atoms with Gasteiger partial charge in [-0.25, -0.2) is 5.43 Å². The number of carbonyl (C=O) groups is 1. The van der Waals surface area contributed by atoms with Crippen LogP contribution in [0.1, 0.15) is 15.9 Å². The number of carbonyl (C=O) groups excluding carboxylic acids is 1. The number of hydrazone groups is 1. The van der Waals surface area contributed by atoms with E-state index in [9.17, 15) is 25.0 Å². The minimum absolute atomic E-state index is 0.148. The molecule has 1 amide bonds. The number of pyridine rings is 1. The Bertz CT molecular complexity index is 1130. The van der Waals surface area contributed by atoms with Crippen LogP contribution in [0.2, 0.25) is 0 Å². The van der Waals surface area contributed by atoms with Crippen molar-refractivity contribution in [1.29, 1.82) is 0 Å². The van der Waals surface area contributed by atoms with Gasteiger partial charge in [0.2, 0.25) is 5.75 Å². The summed E-state index contributed by atoms with van der Waals surface area (Å²) in [6, 6.07) is 12.6. The van der Waals surface area contributed by atoms with Crippen LogP contribution in [0, 0.1) is 20.2 Å². The summed E-state index contributed by atoms with van der Waals surface area (Å²) in [5, 5.41) is 25.9. The quantitative estimate of drug-likeness (QED) is 0.358. The monoisotopic (exact) mass is 407 g/mol. The van der Waals surface area contributed by atoms with Crippen molar-refractivity contribution >= 4 is 23.5 Å². The molecule has 3 rings (SSSR count). The molecule has 0 bridgehead atoms. The van der Waals surface area contributed by atoms with Crippen LogP contribution in [0.3, 0.4) is 0 Å². The molecule has 30 heavy (non-hydrogen) atoms. The fraction of sp³-hybridized carbons (Fsp3) is 0. The first-order valence-electron chi connectivity index (χ1n) is 8.38. The van der Waals surface area contributed by atoms with Crippen LogP contribution in [-0.4, -0.2) is 27.0 Å². The third-order valence-electron chi connectivity index (χ3n) is 3.76. The van der Waals surface area contributed by atoms with Crippen LogP contribution in [-0.2, 0) is 0 Å². The number of nitrogens with one attached hydrogen (secondary N) is 1. The molecule has 0 spiro atoms. The highest BCUT2D eigenvalue weighted by atomic mass is 16.6. The van der Waals surface area contributed by atoms with Crippen molar-refractivity contribution in [2.24, 2.45) is 5.10 Å². The molecule has 0 aliphatic heterocycles. The number of hydrogen-bond acceptors (Lipinski definition) is 8. The van der Waals surface area contributed by atoms with E-state index in [1.54, 1.807) is 18.2 Å². The zero-order chi connectivity index (χ0) is 21.5. The van der Waals surface area contributed by atoms with Crippen LogP contribution in [0.4, 0.5) is 11.4 Å². The average Bonchev–Trinajstić information content (AvgIpc) is 2.74. The van der Waals surface area contributed by atoms with Gasteiger partial charge in [0.1, 0.15) is 5.75 Å². The van der Waals surface area contributed by atoms with Gasteiger partial charge in [-0.2, -0.15) is 5.10 Å². The molecule has 0 aliphatic rings. The van der Waals surface area contributed by atoms with E-state index in [0.29, 0.717) is 11.1 Å². The highest BCUT2D eigenvalue weighted by Gasteiger charge is 2.21. The molecule has 0 atom stereocenters. The van der Waals surface area contributed by atoms with Gasteiger partial charge in [-0.1, -0.05) is 12.1 Å². The van der Waals surface area contributed by atoms with E-state index >= 15 is 0 Å². The van der Waals surface area contributed by atoms with Crippen LogP contribution < -0.4 is 10.2 Å². The highest BCUT2D eigenvalue weighted by Crippen LogP contribution is 2.34. The predicted octanol–water partition coefficient (Wildman–Crippen LogP) is 3.45. The molecule has 11 nitrogen and oxygen atoms in total. The molecule has 3 aromatic rings. The van der Waals surface area contributed by atoms with E-state index in [-0.39, 0.29) is 11.5 Å². The second-order valence-corrected chi connectivity index (χ2v) is 5.78. The topological polar surface area (TPSA) is 150 Å². The summed E-state index contributed by atoms with van der Waals surface area (Å²) in [7, 11) is 0. The number of rotatable bonds is 7. The van der Waals surface area contributed by atoms with E-state index < -0.39 is 27.1 Å². The van der Waals surface area contributed by atoms with Crippen molar-refractivity contribution in [1.82, 2.24) is 10.4 Å². The van der Waals surface area contributed by atoms with E-state index in [2.05, 4.69) is 15.5 Å². The average molecular weight is 407 g/mol. The van der Waals surface area contributed by atoms with E-state index in [0.717, 1.165) is 18.2 Å². The summed E-state index contributed by atoms with van der Waals surface area (Å²) in [5.74, 6) is -0.315. The third-order valence-corrected chi connectivity index (χ3v) is 3.76. The fourth-order valence-electron chi connectivity index (χ4n) is 2.37. The van der Waals surface area contributed by atoms with Gasteiger partial charge < -0.3 is 4.74 Å². The molecule has 150 valence electrons. The lowest BCUT2D eigenvalue weighted by atomic mass is 10.2. The number of amides is 1. The first kappa shape index (κ1) is 20.1. The van der Waals surface area contributed by atoms with Gasteiger partial charge in [-0.05, 0) is 35.9 Å². The Kier molecular flexibility index (Phi) is 6.03. The minimum Gasteiger partial charge on any atom is -0.450 e. The van der Waals surface area contributed by atoms with Crippen LogP contribution in [0.25, 0.3) is 0 Å². The van der Waals surface area contributed by atoms with Gasteiger partial charge in [-0.3, -0.25) is 30.0 Å². The Labute approximate surface area is 168 Å². The fourth-order valence-corrected chi connectivity index (χ4v) is 2.37. The molecule has 0 unspecified atom stereocenters. The number of nitro benzene ring substituents is 2. The van der Waals surface area contributed by atoms with Gasteiger partial charge in [-0.15, -0.1) is 0 Å². The Morgan fingerprint density at radius 2 is 1.80 bits per heavy atom. The Morgan fingerprint density at radius 3 is 2.50 bits per heavy atom. The van der Waals surface area contributed by atoms with Gasteiger partial charge in [0.25, 0.3) is 11.6 Å². The first-order chi connectivity index (χ1) is 14.4. The molecular formula is C19H13N5O6. The van der Waals surface area contributed by atoms with Crippen molar-refractivity contribution in [3.63, 3.8) is 0 Å². The second-order valence-electron chi connectivity index (χ2n) is 5.78.